The molecule has 4 aromatic rings. The highest BCUT2D eigenvalue weighted by molar-refractivity contribution is 6.02. The molecule has 1 fully saturated rings. The molecule has 0 amide bonds. The van der Waals surface area contributed by atoms with E-state index in [4.69, 9.17) is 0 Å². The van der Waals surface area contributed by atoms with Gasteiger partial charge in [0.15, 0.2) is 0 Å². The van der Waals surface area contributed by atoms with Crippen molar-refractivity contribution in [3.8, 4) is 22.4 Å². The molecular formula is C26H28N4. The number of pyridine rings is 1. The number of benzene rings is 2. The van der Waals surface area contributed by atoms with E-state index in [2.05, 4.69) is 81.8 Å². The summed E-state index contributed by atoms with van der Waals surface area (Å²) in [5.74, 6) is 0.673. The van der Waals surface area contributed by atoms with Crippen molar-refractivity contribution in [2.75, 3.05) is 32.5 Å². The molecule has 2 N–H and O–H groups in total. The van der Waals surface area contributed by atoms with Crippen LogP contribution in [0.2, 0.25) is 0 Å². The highest BCUT2D eigenvalue weighted by Gasteiger charge is 2.20. The van der Waals surface area contributed by atoms with E-state index in [1.807, 2.05) is 19.3 Å². The molecule has 0 bridgehead atoms. The Labute approximate surface area is 178 Å². The lowest BCUT2D eigenvalue weighted by molar-refractivity contribution is 0.255. The van der Waals surface area contributed by atoms with Gasteiger partial charge in [-0.1, -0.05) is 36.4 Å². The minimum atomic E-state index is 0.673. The van der Waals surface area contributed by atoms with Gasteiger partial charge in [0.25, 0.3) is 0 Å². The van der Waals surface area contributed by atoms with Crippen molar-refractivity contribution in [2.45, 2.75) is 18.8 Å². The molecule has 2 aromatic carbocycles. The maximum Gasteiger partial charge on any atom is 0.138 e. The van der Waals surface area contributed by atoms with Crippen LogP contribution in [0.3, 0.4) is 0 Å². The summed E-state index contributed by atoms with van der Waals surface area (Å²) in [4.78, 5) is 10.6. The van der Waals surface area contributed by atoms with Crippen LogP contribution in [0.25, 0.3) is 33.4 Å². The van der Waals surface area contributed by atoms with Crippen molar-refractivity contribution in [1.29, 1.82) is 0 Å². The van der Waals surface area contributed by atoms with E-state index in [1.54, 1.807) is 0 Å². The second kappa shape index (κ2) is 7.96. The lowest BCUT2D eigenvalue weighted by Gasteiger charge is -2.29. The van der Waals surface area contributed by atoms with E-state index in [9.17, 15) is 0 Å². The Kier molecular flexibility index (Phi) is 5.01. The average Bonchev–Trinajstić information content (AvgIpc) is 3.19. The molecule has 0 atom stereocenters. The van der Waals surface area contributed by atoms with Crippen LogP contribution >= 0.6 is 0 Å². The largest absolute Gasteiger partial charge is 0.388 e. The third kappa shape index (κ3) is 3.48. The minimum absolute atomic E-state index is 0.673. The molecular weight excluding hydrogens is 368 g/mol. The predicted molar refractivity (Wildman–Crippen MR) is 126 cm³/mol. The molecule has 0 aliphatic carbocycles. The van der Waals surface area contributed by atoms with Gasteiger partial charge >= 0.3 is 0 Å². The molecule has 152 valence electrons. The van der Waals surface area contributed by atoms with Crippen LogP contribution in [0.1, 0.15) is 24.3 Å². The van der Waals surface area contributed by atoms with E-state index in [0.717, 1.165) is 22.4 Å². The van der Waals surface area contributed by atoms with Crippen molar-refractivity contribution in [2.24, 2.45) is 0 Å². The second-order valence-electron chi connectivity index (χ2n) is 8.30. The number of nitrogens with one attached hydrogen (secondary N) is 2. The van der Waals surface area contributed by atoms with Gasteiger partial charge in [-0.15, -0.1) is 0 Å². The number of nitrogens with zero attached hydrogens (tertiary/aromatic N) is 2. The number of hydrogen-bond donors (Lipinski definition) is 2. The molecule has 1 saturated heterocycles. The number of aromatic amines is 1. The van der Waals surface area contributed by atoms with E-state index in [1.165, 1.54) is 48.2 Å². The number of anilines is 1. The van der Waals surface area contributed by atoms with Crippen LogP contribution in [0.15, 0.2) is 66.9 Å². The fraction of sp³-hybridized carbons (Fsp3) is 0.269. The summed E-state index contributed by atoms with van der Waals surface area (Å²) in [7, 11) is 4.17. The molecule has 0 radical (unpaired) electrons. The van der Waals surface area contributed by atoms with Gasteiger partial charge < -0.3 is 15.2 Å². The summed E-state index contributed by atoms with van der Waals surface area (Å²) in [5, 5.41) is 4.41. The summed E-state index contributed by atoms with van der Waals surface area (Å²) in [5.41, 5.74) is 8.23. The zero-order chi connectivity index (χ0) is 20.5. The van der Waals surface area contributed by atoms with Crippen molar-refractivity contribution >= 4 is 16.7 Å². The van der Waals surface area contributed by atoms with Crippen LogP contribution in [0.5, 0.6) is 0 Å². The van der Waals surface area contributed by atoms with E-state index >= 15 is 0 Å². The standard InChI is InChI=1S/C26H28N4/c1-27-22-6-3-5-21(17-22)24-23-7-4-14-28-26(23)29-25(24)20-10-8-18(9-11-20)19-12-15-30(2)16-13-19/h3-11,14,17,19,27H,12-13,15-16H2,1-2H3,(H,28,29). The third-order valence-corrected chi connectivity index (χ3v) is 6.40. The Morgan fingerprint density at radius 1 is 0.967 bits per heavy atom. The van der Waals surface area contributed by atoms with Gasteiger partial charge in [-0.25, -0.2) is 4.98 Å². The first-order chi connectivity index (χ1) is 14.7. The van der Waals surface area contributed by atoms with Gasteiger partial charge in [0.05, 0.1) is 5.69 Å². The Morgan fingerprint density at radius 2 is 1.77 bits per heavy atom. The van der Waals surface area contributed by atoms with Gasteiger partial charge in [0.2, 0.25) is 0 Å². The summed E-state index contributed by atoms with van der Waals surface area (Å²) >= 11 is 0. The number of aromatic nitrogens is 2. The molecule has 1 aliphatic rings. The van der Waals surface area contributed by atoms with Crippen LogP contribution in [0, 0.1) is 0 Å². The second-order valence-corrected chi connectivity index (χ2v) is 8.30. The Bertz CT molecular complexity index is 1150. The monoisotopic (exact) mass is 396 g/mol. The molecule has 0 unspecified atom stereocenters. The number of H-pyrrole nitrogens is 1. The number of piperidine rings is 1. The average molecular weight is 397 g/mol. The van der Waals surface area contributed by atoms with Crippen molar-refractivity contribution in [3.63, 3.8) is 0 Å². The van der Waals surface area contributed by atoms with Crippen molar-refractivity contribution in [1.82, 2.24) is 14.9 Å². The van der Waals surface area contributed by atoms with E-state index < -0.39 is 0 Å². The molecule has 0 spiro atoms. The molecule has 4 nitrogen and oxygen atoms in total. The normalized spacial score (nSPS) is 15.5. The molecule has 4 heteroatoms. The number of rotatable bonds is 4. The highest BCUT2D eigenvalue weighted by Crippen LogP contribution is 2.39. The quantitative estimate of drug-likeness (QED) is 0.462. The predicted octanol–water partition coefficient (Wildman–Crippen LogP) is 5.75. The molecule has 1 aliphatic heterocycles. The molecule has 3 heterocycles. The van der Waals surface area contributed by atoms with Crippen molar-refractivity contribution < 1.29 is 0 Å². The van der Waals surface area contributed by atoms with Gasteiger partial charge in [0.1, 0.15) is 5.65 Å². The first kappa shape index (κ1) is 18.9. The SMILES string of the molecule is CNc1cccc(-c2c(-c3ccc(C4CCN(C)CC4)cc3)[nH]c3ncccc23)c1. The van der Waals surface area contributed by atoms with Crippen LogP contribution in [-0.4, -0.2) is 42.1 Å². The van der Waals surface area contributed by atoms with Gasteiger partial charge in [-0.05, 0) is 79.9 Å². The zero-order valence-corrected chi connectivity index (χ0v) is 17.7. The topological polar surface area (TPSA) is 44.0 Å². The van der Waals surface area contributed by atoms with Crippen LogP contribution in [0.4, 0.5) is 5.69 Å². The molecule has 2 aromatic heterocycles. The summed E-state index contributed by atoms with van der Waals surface area (Å²) < 4.78 is 0. The molecule has 30 heavy (non-hydrogen) atoms. The Morgan fingerprint density at radius 3 is 2.53 bits per heavy atom. The van der Waals surface area contributed by atoms with E-state index in [-0.39, 0.29) is 0 Å². The fourth-order valence-corrected chi connectivity index (χ4v) is 4.63. The first-order valence-corrected chi connectivity index (χ1v) is 10.8. The number of fused-ring (bicyclic) bond motifs is 1. The molecule has 5 rings (SSSR count). The van der Waals surface area contributed by atoms with E-state index in [0.29, 0.717) is 5.92 Å². The third-order valence-electron chi connectivity index (χ3n) is 6.40. The fourth-order valence-electron chi connectivity index (χ4n) is 4.63. The summed E-state index contributed by atoms with van der Waals surface area (Å²) in [6, 6.07) is 21.9. The van der Waals surface area contributed by atoms with Gasteiger partial charge in [-0.3, -0.25) is 0 Å². The Hall–Kier alpha value is -3.11. The lowest BCUT2D eigenvalue weighted by Crippen LogP contribution is -2.29. The van der Waals surface area contributed by atoms with Crippen LogP contribution < -0.4 is 5.32 Å². The zero-order valence-electron chi connectivity index (χ0n) is 17.7. The van der Waals surface area contributed by atoms with Crippen LogP contribution in [-0.2, 0) is 0 Å². The number of hydrogen-bond acceptors (Lipinski definition) is 3. The van der Waals surface area contributed by atoms with Gasteiger partial charge in [0, 0.05) is 29.9 Å². The minimum Gasteiger partial charge on any atom is -0.388 e. The number of likely N-dealkylation sites (tertiary alicyclic amines) is 1. The first-order valence-electron chi connectivity index (χ1n) is 10.8. The smallest absolute Gasteiger partial charge is 0.138 e. The maximum atomic E-state index is 4.58. The molecule has 0 saturated carbocycles. The highest BCUT2D eigenvalue weighted by atomic mass is 15.1. The summed E-state index contributed by atoms with van der Waals surface area (Å²) in [6.45, 7) is 2.37. The van der Waals surface area contributed by atoms with Crippen molar-refractivity contribution in [3.05, 3.63) is 72.4 Å². The maximum absolute atomic E-state index is 4.58. The van der Waals surface area contributed by atoms with Gasteiger partial charge in [-0.2, -0.15) is 0 Å². The summed E-state index contributed by atoms with van der Waals surface area (Å²) in [6.07, 6.45) is 4.34. The lowest BCUT2D eigenvalue weighted by atomic mass is 9.88. The Balaban J connectivity index is 1.57.